The summed E-state index contributed by atoms with van der Waals surface area (Å²) >= 11 is 0. The summed E-state index contributed by atoms with van der Waals surface area (Å²) in [5, 5.41) is 9.60. The largest absolute Gasteiger partial charge is 0.481 e. The molecule has 4 aliphatic rings. The number of carbonyl (C=O) groups is 1. The van der Waals surface area contributed by atoms with Crippen LogP contribution in [0.15, 0.2) is 36.5 Å². The molecule has 35 heavy (non-hydrogen) atoms. The van der Waals surface area contributed by atoms with E-state index in [0.717, 1.165) is 88.0 Å². The first kappa shape index (κ1) is 22.5. The number of carboxylic acid groups (broad SMARTS) is 1. The minimum Gasteiger partial charge on any atom is -0.481 e. The van der Waals surface area contributed by atoms with Gasteiger partial charge in [-0.15, -0.1) is 0 Å². The Balaban J connectivity index is 1.02. The molecule has 3 saturated carbocycles. The standard InChI is InChI=1S/C27H31FN4O3/c28-19-2-3-21-22(15-19)31-24(30-21)18-1-4-23(29-16-18)32-13-5-20(6-14-32)35-17-26-7-10-27(11-8-26,12-9-26)25(33)34/h1-4,15-16,20H,5-14,17H2,(H,30,31)(H,33,34). The van der Waals surface area contributed by atoms with E-state index in [2.05, 4.69) is 19.9 Å². The number of halogens is 1. The van der Waals surface area contributed by atoms with Crippen molar-refractivity contribution in [3.63, 3.8) is 0 Å². The normalized spacial score (nSPS) is 26.9. The predicted molar refractivity (Wildman–Crippen MR) is 131 cm³/mol. The Morgan fingerprint density at radius 1 is 1.11 bits per heavy atom. The molecule has 0 amide bonds. The second kappa shape index (κ2) is 8.59. The third-order valence-corrected chi connectivity index (χ3v) is 8.71. The first-order chi connectivity index (χ1) is 16.9. The SMILES string of the molecule is O=C(O)C12CCC(COC3CCN(c4ccc(-c5nc6ccc(F)cc6[nH]5)cn4)CC3)(CC1)CC2. The average Bonchev–Trinajstić information content (AvgIpc) is 3.32. The third-order valence-electron chi connectivity index (χ3n) is 8.71. The van der Waals surface area contributed by atoms with Crippen LogP contribution in [0.25, 0.3) is 22.4 Å². The second-order valence-electron chi connectivity index (χ2n) is 10.7. The lowest BCUT2D eigenvalue weighted by molar-refractivity contribution is -0.162. The molecular formula is C27H31FN4O3. The van der Waals surface area contributed by atoms with E-state index in [1.165, 1.54) is 12.1 Å². The van der Waals surface area contributed by atoms with Gasteiger partial charge in [0, 0.05) is 24.8 Å². The number of aliphatic carboxylic acids is 1. The van der Waals surface area contributed by atoms with Crippen molar-refractivity contribution in [2.45, 2.75) is 57.5 Å². The Hall–Kier alpha value is -3.00. The minimum absolute atomic E-state index is 0.189. The highest BCUT2D eigenvalue weighted by atomic mass is 19.1. The molecule has 8 heteroatoms. The summed E-state index contributed by atoms with van der Waals surface area (Å²) in [5.41, 5.74) is 2.00. The smallest absolute Gasteiger partial charge is 0.309 e. The van der Waals surface area contributed by atoms with Crippen molar-refractivity contribution >= 4 is 22.8 Å². The highest BCUT2D eigenvalue weighted by molar-refractivity contribution is 5.79. The third kappa shape index (κ3) is 4.18. The summed E-state index contributed by atoms with van der Waals surface area (Å²) in [6.07, 6.45) is 9.35. The molecule has 0 spiro atoms. The molecule has 184 valence electrons. The van der Waals surface area contributed by atoms with Crippen LogP contribution in [0.5, 0.6) is 0 Å². The van der Waals surface area contributed by atoms with E-state index >= 15 is 0 Å². The van der Waals surface area contributed by atoms with Crippen molar-refractivity contribution in [1.82, 2.24) is 15.0 Å². The number of nitrogens with zero attached hydrogens (tertiary/aromatic N) is 3. The number of aromatic amines is 1. The molecule has 3 aliphatic carbocycles. The zero-order valence-electron chi connectivity index (χ0n) is 19.8. The van der Waals surface area contributed by atoms with Crippen molar-refractivity contribution in [1.29, 1.82) is 0 Å². The molecule has 1 saturated heterocycles. The first-order valence-electron chi connectivity index (χ1n) is 12.7. The average molecular weight is 479 g/mol. The summed E-state index contributed by atoms with van der Waals surface area (Å²) in [7, 11) is 0. The van der Waals surface area contributed by atoms with Crippen LogP contribution in [-0.2, 0) is 9.53 Å². The van der Waals surface area contributed by atoms with Crippen LogP contribution in [0.2, 0.25) is 0 Å². The van der Waals surface area contributed by atoms with Crippen LogP contribution in [0, 0.1) is 16.6 Å². The molecule has 7 rings (SSSR count). The second-order valence-corrected chi connectivity index (χ2v) is 10.7. The van der Waals surface area contributed by atoms with Gasteiger partial charge in [0.2, 0.25) is 0 Å². The van der Waals surface area contributed by atoms with E-state index in [0.29, 0.717) is 11.3 Å². The molecule has 0 atom stereocenters. The molecule has 2 N–H and O–H groups in total. The number of H-pyrrole nitrogens is 1. The number of hydrogen-bond acceptors (Lipinski definition) is 5. The molecule has 2 aromatic heterocycles. The maximum atomic E-state index is 13.5. The maximum Gasteiger partial charge on any atom is 0.309 e. The van der Waals surface area contributed by atoms with Crippen LogP contribution >= 0.6 is 0 Å². The van der Waals surface area contributed by atoms with Crippen molar-refractivity contribution in [2.75, 3.05) is 24.6 Å². The molecule has 1 aliphatic heterocycles. The number of pyridine rings is 1. The minimum atomic E-state index is -0.603. The number of rotatable bonds is 6. The highest BCUT2D eigenvalue weighted by Gasteiger charge is 2.52. The zero-order chi connectivity index (χ0) is 24.0. The zero-order valence-corrected chi connectivity index (χ0v) is 19.8. The highest BCUT2D eigenvalue weighted by Crippen LogP contribution is 2.57. The summed E-state index contributed by atoms with van der Waals surface area (Å²) < 4.78 is 19.9. The topological polar surface area (TPSA) is 91.3 Å². The molecule has 3 aromatic rings. The Morgan fingerprint density at radius 2 is 1.86 bits per heavy atom. The Kier molecular flexibility index (Phi) is 5.51. The van der Waals surface area contributed by atoms with Gasteiger partial charge >= 0.3 is 5.97 Å². The van der Waals surface area contributed by atoms with Crippen LogP contribution in [-0.4, -0.2) is 51.8 Å². The van der Waals surface area contributed by atoms with Crippen molar-refractivity contribution in [3.8, 4) is 11.4 Å². The number of hydrogen-bond donors (Lipinski definition) is 2. The lowest BCUT2D eigenvalue weighted by Crippen LogP contribution is -2.48. The van der Waals surface area contributed by atoms with Crippen LogP contribution in [0.1, 0.15) is 51.4 Å². The number of carboxylic acids is 1. The van der Waals surface area contributed by atoms with Gasteiger partial charge in [0.1, 0.15) is 17.5 Å². The Labute approximate surface area is 203 Å². The fourth-order valence-electron chi connectivity index (χ4n) is 6.18. The Morgan fingerprint density at radius 3 is 2.51 bits per heavy atom. The number of ether oxygens (including phenoxy) is 1. The van der Waals surface area contributed by atoms with Gasteiger partial charge in [-0.3, -0.25) is 4.79 Å². The molecule has 0 radical (unpaired) electrons. The lowest BCUT2D eigenvalue weighted by atomic mass is 9.54. The van der Waals surface area contributed by atoms with Crippen LogP contribution in [0.3, 0.4) is 0 Å². The van der Waals surface area contributed by atoms with Gasteiger partial charge in [0.05, 0.1) is 29.2 Å². The van der Waals surface area contributed by atoms with E-state index in [4.69, 9.17) is 4.74 Å². The molecular weight excluding hydrogens is 447 g/mol. The first-order valence-corrected chi connectivity index (χ1v) is 12.7. The summed E-state index contributed by atoms with van der Waals surface area (Å²) in [4.78, 5) is 26.3. The number of aromatic nitrogens is 3. The van der Waals surface area contributed by atoms with Gasteiger partial charge in [-0.2, -0.15) is 0 Å². The quantitative estimate of drug-likeness (QED) is 0.508. The predicted octanol–water partition coefficient (Wildman–Crippen LogP) is 5.17. The van der Waals surface area contributed by atoms with Gasteiger partial charge in [-0.05, 0) is 87.1 Å². The molecule has 7 nitrogen and oxygen atoms in total. The summed E-state index contributed by atoms with van der Waals surface area (Å²) in [6.45, 7) is 2.56. The molecule has 3 heterocycles. The number of benzene rings is 1. The van der Waals surface area contributed by atoms with Gasteiger partial charge in [0.25, 0.3) is 0 Å². The van der Waals surface area contributed by atoms with Crippen molar-refractivity contribution in [3.05, 3.63) is 42.3 Å². The van der Waals surface area contributed by atoms with E-state index in [1.807, 2.05) is 18.3 Å². The number of piperidine rings is 1. The molecule has 2 bridgehead atoms. The van der Waals surface area contributed by atoms with E-state index in [-0.39, 0.29) is 17.3 Å². The van der Waals surface area contributed by atoms with E-state index in [1.54, 1.807) is 6.07 Å². The number of nitrogens with one attached hydrogen (secondary N) is 1. The van der Waals surface area contributed by atoms with Gasteiger partial charge < -0.3 is 19.7 Å². The molecule has 1 aromatic carbocycles. The van der Waals surface area contributed by atoms with E-state index < -0.39 is 11.4 Å². The van der Waals surface area contributed by atoms with E-state index in [9.17, 15) is 14.3 Å². The fourth-order valence-corrected chi connectivity index (χ4v) is 6.18. The maximum absolute atomic E-state index is 13.5. The molecule has 4 fully saturated rings. The van der Waals surface area contributed by atoms with Crippen LogP contribution in [0.4, 0.5) is 10.2 Å². The summed E-state index contributed by atoms with van der Waals surface area (Å²) in [6, 6.07) is 8.55. The number of imidazole rings is 1. The monoisotopic (exact) mass is 478 g/mol. The molecule has 0 unspecified atom stereocenters. The number of anilines is 1. The van der Waals surface area contributed by atoms with Gasteiger partial charge in [-0.1, -0.05) is 0 Å². The lowest BCUT2D eigenvalue weighted by Gasteiger charge is -2.51. The van der Waals surface area contributed by atoms with Crippen molar-refractivity contribution < 1.29 is 19.0 Å². The van der Waals surface area contributed by atoms with Gasteiger partial charge in [-0.25, -0.2) is 14.4 Å². The van der Waals surface area contributed by atoms with Crippen LogP contribution < -0.4 is 4.90 Å². The number of fused-ring (bicyclic) bond motifs is 4. The van der Waals surface area contributed by atoms with Gasteiger partial charge in [0.15, 0.2) is 0 Å². The summed E-state index contributed by atoms with van der Waals surface area (Å²) in [5.74, 6) is 0.735. The fraction of sp³-hybridized carbons (Fsp3) is 0.519. The Bertz CT molecular complexity index is 1210. The van der Waals surface area contributed by atoms with Crippen molar-refractivity contribution in [2.24, 2.45) is 10.8 Å².